The van der Waals surface area contributed by atoms with E-state index in [4.69, 9.17) is 5.11 Å². The Labute approximate surface area is 101 Å². The fourth-order valence-corrected chi connectivity index (χ4v) is 2.18. The van der Waals surface area contributed by atoms with Crippen LogP contribution < -0.4 is 10.8 Å². The number of carboxylic acid groups (broad SMARTS) is 1. The molecular formula is C11H20N2O4. The van der Waals surface area contributed by atoms with Crippen LogP contribution in [0.4, 0.5) is 4.79 Å². The molecule has 0 radical (unpaired) electrons. The molecule has 6 heteroatoms. The van der Waals surface area contributed by atoms with Gasteiger partial charge >= 0.3 is 12.0 Å². The second-order valence-corrected chi connectivity index (χ2v) is 4.63. The van der Waals surface area contributed by atoms with Gasteiger partial charge in [0, 0.05) is 6.54 Å². The van der Waals surface area contributed by atoms with Crippen molar-refractivity contribution in [3.63, 3.8) is 0 Å². The molecule has 0 spiro atoms. The Morgan fingerprint density at radius 2 is 2.18 bits per heavy atom. The molecule has 2 unspecified atom stereocenters. The molecule has 6 nitrogen and oxygen atoms in total. The van der Waals surface area contributed by atoms with E-state index < -0.39 is 18.6 Å². The predicted molar refractivity (Wildman–Crippen MR) is 61.2 cm³/mol. The van der Waals surface area contributed by atoms with Crippen molar-refractivity contribution in [3.8, 4) is 0 Å². The summed E-state index contributed by atoms with van der Waals surface area (Å²) < 4.78 is 0. The minimum absolute atomic E-state index is 0.482. The molecule has 0 saturated heterocycles. The highest BCUT2D eigenvalue weighted by molar-refractivity contribution is 5.73. The molecule has 1 aliphatic carbocycles. The highest BCUT2D eigenvalue weighted by Crippen LogP contribution is 2.27. The van der Waals surface area contributed by atoms with Crippen molar-refractivity contribution < 1.29 is 19.5 Å². The van der Waals surface area contributed by atoms with Crippen molar-refractivity contribution in [2.45, 2.75) is 32.6 Å². The van der Waals surface area contributed by atoms with E-state index >= 15 is 0 Å². The van der Waals surface area contributed by atoms with Crippen LogP contribution >= 0.6 is 0 Å². The zero-order chi connectivity index (χ0) is 12.7. The number of nitrogens with one attached hydrogen (secondary N) is 2. The number of urea groups is 1. The molecule has 0 aliphatic heterocycles. The summed E-state index contributed by atoms with van der Waals surface area (Å²) in [5.41, 5.74) is 2.03. The first-order chi connectivity index (χ1) is 8.08. The predicted octanol–water partition coefficient (Wildman–Crippen LogP) is 1.13. The quantitative estimate of drug-likeness (QED) is 0.632. The molecule has 1 rings (SSSR count). The number of rotatable bonds is 5. The molecule has 0 bridgehead atoms. The number of amides is 2. The first kappa shape index (κ1) is 13.8. The number of carbonyl (C=O) groups excluding carboxylic acids is 1. The van der Waals surface area contributed by atoms with Gasteiger partial charge in [0.1, 0.15) is 0 Å². The van der Waals surface area contributed by atoms with Crippen LogP contribution in [0.1, 0.15) is 32.6 Å². The van der Waals surface area contributed by atoms with Crippen molar-refractivity contribution in [1.82, 2.24) is 10.8 Å². The van der Waals surface area contributed by atoms with Gasteiger partial charge in [-0.25, -0.2) is 15.1 Å². The molecule has 1 fully saturated rings. The van der Waals surface area contributed by atoms with Gasteiger partial charge < -0.3 is 10.4 Å². The molecular weight excluding hydrogens is 224 g/mol. The largest absolute Gasteiger partial charge is 0.479 e. The van der Waals surface area contributed by atoms with E-state index in [9.17, 15) is 9.59 Å². The first-order valence-corrected chi connectivity index (χ1v) is 5.95. The summed E-state index contributed by atoms with van der Waals surface area (Å²) >= 11 is 0. The zero-order valence-electron chi connectivity index (χ0n) is 10.1. The van der Waals surface area contributed by atoms with Gasteiger partial charge in [-0.15, -0.1) is 0 Å². The topological polar surface area (TPSA) is 87.7 Å². The number of hydrogen-bond donors (Lipinski definition) is 3. The van der Waals surface area contributed by atoms with Crippen molar-refractivity contribution in [3.05, 3.63) is 0 Å². The van der Waals surface area contributed by atoms with Crippen molar-refractivity contribution >= 4 is 12.0 Å². The molecule has 3 N–H and O–H groups in total. The lowest BCUT2D eigenvalue weighted by atomic mass is 9.82. The second-order valence-electron chi connectivity index (χ2n) is 4.63. The Kier molecular flexibility index (Phi) is 5.76. The summed E-state index contributed by atoms with van der Waals surface area (Å²) in [7, 11) is 0. The normalized spacial score (nSPS) is 24.1. The van der Waals surface area contributed by atoms with E-state index in [-0.39, 0.29) is 0 Å². The Balaban J connectivity index is 2.08. The van der Waals surface area contributed by atoms with Crippen LogP contribution in [0.15, 0.2) is 0 Å². The van der Waals surface area contributed by atoms with E-state index in [1.807, 2.05) is 5.48 Å². The van der Waals surface area contributed by atoms with Gasteiger partial charge in [-0.1, -0.05) is 19.8 Å². The molecule has 2 amide bonds. The fourth-order valence-electron chi connectivity index (χ4n) is 2.18. The van der Waals surface area contributed by atoms with Crippen molar-refractivity contribution in [1.29, 1.82) is 0 Å². The van der Waals surface area contributed by atoms with E-state index in [2.05, 4.69) is 17.1 Å². The minimum atomic E-state index is -1.12. The Hall–Kier alpha value is -1.30. The highest BCUT2D eigenvalue weighted by atomic mass is 16.7. The van der Waals surface area contributed by atoms with Crippen LogP contribution in [0.5, 0.6) is 0 Å². The zero-order valence-corrected chi connectivity index (χ0v) is 10.1. The lowest BCUT2D eigenvalue weighted by Crippen LogP contribution is -2.39. The summed E-state index contributed by atoms with van der Waals surface area (Å²) in [4.78, 5) is 25.8. The number of aliphatic carboxylic acids is 1. The van der Waals surface area contributed by atoms with Crippen molar-refractivity contribution in [2.24, 2.45) is 11.8 Å². The van der Waals surface area contributed by atoms with Gasteiger partial charge in [0.25, 0.3) is 0 Å². The third-order valence-corrected chi connectivity index (χ3v) is 2.96. The Morgan fingerprint density at radius 3 is 2.82 bits per heavy atom. The number of hydroxylamine groups is 1. The molecule has 1 saturated carbocycles. The average Bonchev–Trinajstić information content (AvgIpc) is 2.26. The number of carboxylic acids is 1. The maximum atomic E-state index is 11.2. The Bertz CT molecular complexity index is 270. The summed E-state index contributed by atoms with van der Waals surface area (Å²) in [6.07, 6.45) is 4.76. The second kappa shape index (κ2) is 7.11. The van der Waals surface area contributed by atoms with Gasteiger partial charge in [0.05, 0.1) is 0 Å². The Morgan fingerprint density at radius 1 is 1.41 bits per heavy atom. The summed E-state index contributed by atoms with van der Waals surface area (Å²) in [5, 5.41) is 11.0. The van der Waals surface area contributed by atoms with Crippen LogP contribution in [0.2, 0.25) is 0 Å². The third-order valence-electron chi connectivity index (χ3n) is 2.96. The highest BCUT2D eigenvalue weighted by Gasteiger charge is 2.19. The molecule has 1 aliphatic rings. The van der Waals surface area contributed by atoms with Gasteiger partial charge in [0.15, 0.2) is 6.61 Å². The van der Waals surface area contributed by atoms with E-state index in [1.54, 1.807) is 0 Å². The fraction of sp³-hybridized carbons (Fsp3) is 0.818. The smallest absolute Gasteiger partial charge is 0.338 e. The molecule has 0 aromatic heterocycles. The summed E-state index contributed by atoms with van der Waals surface area (Å²) in [6.45, 7) is 2.31. The van der Waals surface area contributed by atoms with E-state index in [0.717, 1.165) is 18.8 Å². The van der Waals surface area contributed by atoms with Crippen LogP contribution in [0, 0.1) is 11.8 Å². The van der Waals surface area contributed by atoms with E-state index in [1.165, 1.54) is 12.8 Å². The molecule has 0 aromatic carbocycles. The molecule has 2 atom stereocenters. The maximum absolute atomic E-state index is 11.2. The van der Waals surface area contributed by atoms with Gasteiger partial charge in [-0.2, -0.15) is 0 Å². The van der Waals surface area contributed by atoms with Crippen LogP contribution in [-0.2, 0) is 9.63 Å². The minimum Gasteiger partial charge on any atom is -0.479 e. The molecule has 0 aromatic rings. The standard InChI is InChI=1S/C11H20N2O4/c1-8-3-2-4-9(5-8)6-12-11(16)13-17-7-10(14)15/h8-9H,2-7H2,1H3,(H,14,15)(H2,12,13,16). The summed E-state index contributed by atoms with van der Waals surface area (Å²) in [6, 6.07) is -0.482. The number of hydrogen-bond acceptors (Lipinski definition) is 3. The average molecular weight is 244 g/mol. The monoisotopic (exact) mass is 244 g/mol. The van der Waals surface area contributed by atoms with Gasteiger partial charge in [-0.3, -0.25) is 4.84 Å². The SMILES string of the molecule is CC1CCCC(CNC(=O)NOCC(=O)O)C1. The van der Waals surface area contributed by atoms with E-state index in [0.29, 0.717) is 12.5 Å². The third kappa shape index (κ3) is 6.11. The number of carbonyl (C=O) groups is 2. The molecule has 17 heavy (non-hydrogen) atoms. The van der Waals surface area contributed by atoms with Gasteiger partial charge in [-0.05, 0) is 24.7 Å². The first-order valence-electron chi connectivity index (χ1n) is 5.95. The lowest BCUT2D eigenvalue weighted by molar-refractivity contribution is -0.144. The van der Waals surface area contributed by atoms with Gasteiger partial charge in [0.2, 0.25) is 0 Å². The van der Waals surface area contributed by atoms with Crippen LogP contribution in [-0.4, -0.2) is 30.3 Å². The molecule has 0 heterocycles. The van der Waals surface area contributed by atoms with Crippen LogP contribution in [0.25, 0.3) is 0 Å². The maximum Gasteiger partial charge on any atom is 0.338 e. The molecule has 98 valence electrons. The lowest BCUT2D eigenvalue weighted by Gasteiger charge is -2.26. The summed E-state index contributed by atoms with van der Waals surface area (Å²) in [5.74, 6) is 0.122. The van der Waals surface area contributed by atoms with Crippen LogP contribution in [0.3, 0.4) is 0 Å². The van der Waals surface area contributed by atoms with Crippen molar-refractivity contribution in [2.75, 3.05) is 13.2 Å².